The van der Waals surface area contributed by atoms with Crippen LogP contribution in [0.5, 0.6) is 0 Å². The minimum Gasteiger partial charge on any atom is -0.322 e. The van der Waals surface area contributed by atoms with Gasteiger partial charge >= 0.3 is 10.2 Å². The number of hydrogen-bond donors (Lipinski definition) is 1. The summed E-state index contributed by atoms with van der Waals surface area (Å²) in [6, 6.07) is 6.30. The highest BCUT2D eigenvalue weighted by Gasteiger charge is 2.11. The Bertz CT molecular complexity index is 675. The number of nitrogens with one attached hydrogen (secondary N) is 1. The Morgan fingerprint density at radius 3 is 2.53 bits per heavy atom. The number of hydrogen-bond acceptors (Lipinski definition) is 3. The van der Waals surface area contributed by atoms with Crippen molar-refractivity contribution in [1.29, 1.82) is 0 Å². The van der Waals surface area contributed by atoms with Crippen molar-refractivity contribution >= 4 is 21.1 Å². The van der Waals surface area contributed by atoms with Crippen LogP contribution in [0.15, 0.2) is 40.0 Å². The molecule has 1 aromatic heterocycles. The van der Waals surface area contributed by atoms with Crippen LogP contribution in [0, 0.1) is 0 Å². The maximum Gasteiger partial charge on any atom is 0.332 e. The van der Waals surface area contributed by atoms with E-state index in [1.807, 2.05) is 0 Å². The zero-order chi connectivity index (χ0) is 11.1. The quantitative estimate of drug-likeness (QED) is 0.744. The van der Waals surface area contributed by atoms with Crippen LogP contribution in [0.4, 0.5) is 3.89 Å². The van der Waals surface area contributed by atoms with Gasteiger partial charge in [0.15, 0.2) is 0 Å². The summed E-state index contributed by atoms with van der Waals surface area (Å²) in [6.45, 7) is 0. The number of pyridine rings is 1. The van der Waals surface area contributed by atoms with Crippen molar-refractivity contribution in [2.75, 3.05) is 0 Å². The van der Waals surface area contributed by atoms with Crippen LogP contribution in [-0.2, 0) is 10.2 Å². The van der Waals surface area contributed by atoms with Crippen molar-refractivity contribution in [3.05, 3.63) is 40.7 Å². The largest absolute Gasteiger partial charge is 0.332 e. The lowest BCUT2D eigenvalue weighted by atomic mass is 10.2. The molecule has 0 saturated heterocycles. The van der Waals surface area contributed by atoms with Gasteiger partial charge in [0, 0.05) is 11.6 Å². The van der Waals surface area contributed by atoms with E-state index < -0.39 is 15.1 Å². The van der Waals surface area contributed by atoms with Crippen molar-refractivity contribution in [3.8, 4) is 0 Å². The molecule has 2 rings (SSSR count). The summed E-state index contributed by atoms with van der Waals surface area (Å²) in [5, 5.41) is 0.466. The summed E-state index contributed by atoms with van der Waals surface area (Å²) in [5.74, 6) is 0. The van der Waals surface area contributed by atoms with Gasteiger partial charge in [0.1, 0.15) is 0 Å². The van der Waals surface area contributed by atoms with Crippen LogP contribution in [-0.4, -0.2) is 13.4 Å². The Morgan fingerprint density at radius 1 is 1.13 bits per heavy atom. The predicted molar refractivity (Wildman–Crippen MR) is 52.9 cm³/mol. The highest BCUT2D eigenvalue weighted by molar-refractivity contribution is 7.86. The predicted octanol–water partition coefficient (Wildman–Crippen LogP) is 1.19. The Balaban J connectivity index is 2.78. The molecule has 2 aromatic rings. The number of aromatic nitrogens is 1. The molecule has 6 heteroatoms. The van der Waals surface area contributed by atoms with Gasteiger partial charge < -0.3 is 4.98 Å². The van der Waals surface area contributed by atoms with Gasteiger partial charge in [-0.3, -0.25) is 4.79 Å². The maximum atomic E-state index is 12.6. The molecule has 1 aromatic carbocycles. The number of benzene rings is 1. The summed E-state index contributed by atoms with van der Waals surface area (Å²) < 4.78 is 33.8. The van der Waals surface area contributed by atoms with Gasteiger partial charge in [-0.2, -0.15) is 8.42 Å². The topological polar surface area (TPSA) is 67.0 Å². The molecule has 0 aliphatic heterocycles. The lowest BCUT2D eigenvalue weighted by molar-refractivity contribution is 0.552. The molecule has 0 spiro atoms. The standard InChI is InChI=1S/C9H6FNO3S/c10-15(13,14)7-2-3-8-6(5-7)1-4-9(12)11-8/h1-5H,(H,11,12). The van der Waals surface area contributed by atoms with Gasteiger partial charge in [0.05, 0.1) is 4.90 Å². The molecule has 1 heterocycles. The number of H-pyrrole nitrogens is 1. The van der Waals surface area contributed by atoms with Crippen LogP contribution in [0.2, 0.25) is 0 Å². The number of halogens is 1. The van der Waals surface area contributed by atoms with Gasteiger partial charge in [0.25, 0.3) is 0 Å². The summed E-state index contributed by atoms with van der Waals surface area (Å²) in [7, 11) is -4.70. The molecule has 0 unspecified atom stereocenters. The summed E-state index contributed by atoms with van der Waals surface area (Å²) >= 11 is 0. The van der Waals surface area contributed by atoms with Crippen LogP contribution >= 0.6 is 0 Å². The molecule has 0 aliphatic carbocycles. The van der Waals surface area contributed by atoms with Gasteiger partial charge in [-0.1, -0.05) is 0 Å². The van der Waals surface area contributed by atoms with E-state index in [4.69, 9.17) is 0 Å². The van der Waals surface area contributed by atoms with Crippen LogP contribution in [0.3, 0.4) is 0 Å². The highest BCUT2D eigenvalue weighted by atomic mass is 32.3. The summed E-state index contributed by atoms with van der Waals surface area (Å²) in [5.41, 5.74) is 0.174. The molecule has 0 saturated carbocycles. The molecule has 0 atom stereocenters. The second-order valence-electron chi connectivity index (χ2n) is 3.01. The Morgan fingerprint density at radius 2 is 1.87 bits per heavy atom. The first-order valence-corrected chi connectivity index (χ1v) is 5.43. The van der Waals surface area contributed by atoms with Crippen molar-refractivity contribution in [3.63, 3.8) is 0 Å². The number of rotatable bonds is 1. The normalized spacial score (nSPS) is 11.8. The van der Waals surface area contributed by atoms with Gasteiger partial charge in [-0.05, 0) is 29.7 Å². The van der Waals surface area contributed by atoms with E-state index in [0.717, 1.165) is 6.07 Å². The molecule has 1 N–H and O–H groups in total. The first kappa shape index (κ1) is 9.85. The van der Waals surface area contributed by atoms with E-state index in [2.05, 4.69) is 4.98 Å². The minimum atomic E-state index is -4.70. The van der Waals surface area contributed by atoms with Crippen molar-refractivity contribution < 1.29 is 12.3 Å². The third-order valence-corrected chi connectivity index (χ3v) is 2.79. The highest BCUT2D eigenvalue weighted by Crippen LogP contribution is 2.17. The Labute approximate surface area is 84.6 Å². The second-order valence-corrected chi connectivity index (χ2v) is 4.36. The van der Waals surface area contributed by atoms with Crippen LogP contribution in [0.25, 0.3) is 10.9 Å². The van der Waals surface area contributed by atoms with Gasteiger partial charge in [-0.15, -0.1) is 3.89 Å². The lowest BCUT2D eigenvalue weighted by Gasteiger charge is -1.98. The SMILES string of the molecule is O=c1ccc2cc(S(=O)(=O)F)ccc2[nH]1. The summed E-state index contributed by atoms with van der Waals surface area (Å²) in [6.07, 6.45) is 0. The molecule has 15 heavy (non-hydrogen) atoms. The third kappa shape index (κ3) is 1.89. The molecule has 0 bridgehead atoms. The molecule has 78 valence electrons. The molecule has 4 nitrogen and oxygen atoms in total. The van der Waals surface area contributed by atoms with E-state index in [1.54, 1.807) is 0 Å². The van der Waals surface area contributed by atoms with Crippen LogP contribution in [0.1, 0.15) is 0 Å². The fourth-order valence-corrected chi connectivity index (χ4v) is 1.78. The maximum absolute atomic E-state index is 12.6. The van der Waals surface area contributed by atoms with Crippen molar-refractivity contribution in [2.45, 2.75) is 4.90 Å². The van der Waals surface area contributed by atoms with E-state index >= 15 is 0 Å². The molecular formula is C9H6FNO3S. The molecular weight excluding hydrogens is 221 g/mol. The fourth-order valence-electron chi connectivity index (χ4n) is 1.28. The zero-order valence-corrected chi connectivity index (χ0v) is 8.21. The average molecular weight is 227 g/mol. The molecule has 0 aliphatic rings. The van der Waals surface area contributed by atoms with E-state index in [0.29, 0.717) is 10.9 Å². The van der Waals surface area contributed by atoms with Gasteiger partial charge in [0.2, 0.25) is 5.56 Å². The van der Waals surface area contributed by atoms with E-state index in [-0.39, 0.29) is 5.56 Å². The third-order valence-electron chi connectivity index (χ3n) is 1.98. The molecule has 0 amide bonds. The lowest BCUT2D eigenvalue weighted by Crippen LogP contribution is -2.02. The first-order chi connectivity index (χ1) is 6.97. The smallest absolute Gasteiger partial charge is 0.322 e. The Hall–Kier alpha value is -1.69. The molecule has 0 fully saturated rings. The average Bonchev–Trinajstić information content (AvgIpc) is 2.15. The number of aromatic amines is 1. The molecule has 0 radical (unpaired) electrons. The fraction of sp³-hybridized carbons (Fsp3) is 0. The first-order valence-electron chi connectivity index (χ1n) is 4.04. The van der Waals surface area contributed by atoms with E-state index in [1.165, 1.54) is 24.3 Å². The van der Waals surface area contributed by atoms with Crippen molar-refractivity contribution in [2.24, 2.45) is 0 Å². The zero-order valence-electron chi connectivity index (χ0n) is 7.40. The van der Waals surface area contributed by atoms with Crippen molar-refractivity contribution in [1.82, 2.24) is 4.98 Å². The monoisotopic (exact) mass is 227 g/mol. The van der Waals surface area contributed by atoms with E-state index in [9.17, 15) is 17.1 Å². The Kier molecular flexibility index (Phi) is 2.08. The summed E-state index contributed by atoms with van der Waals surface area (Å²) in [4.78, 5) is 13.0. The van der Waals surface area contributed by atoms with Gasteiger partial charge in [-0.25, -0.2) is 0 Å². The minimum absolute atomic E-state index is 0.293. The number of fused-ring (bicyclic) bond motifs is 1. The second kappa shape index (κ2) is 3.16. The van der Waals surface area contributed by atoms with Crippen LogP contribution < -0.4 is 5.56 Å².